The van der Waals surface area contributed by atoms with Gasteiger partial charge in [0.2, 0.25) is 10.0 Å². The van der Waals surface area contributed by atoms with Gasteiger partial charge in [-0.05, 0) is 30.9 Å². The molecule has 21 heavy (non-hydrogen) atoms. The molecule has 1 rings (SSSR count). The topological polar surface area (TPSA) is 66.4 Å². The Kier molecular flexibility index (Phi) is 6.63. The molecule has 0 amide bonds. The van der Waals surface area contributed by atoms with Crippen LogP contribution in [-0.4, -0.2) is 26.7 Å². The standard InChI is InChI=1S/C13H18F3NO3S/c1-2-3-9(4-5-18)8-17-21(19,20)10-6-11(14)13(16)12(15)7-10/h6-7,9,17-18H,2-5,8H2,1H3. The quantitative estimate of drug-likeness (QED) is 0.720. The third-order valence-electron chi connectivity index (χ3n) is 3.06. The predicted molar refractivity (Wildman–Crippen MR) is 71.6 cm³/mol. The summed E-state index contributed by atoms with van der Waals surface area (Å²) in [5, 5.41) is 8.90. The van der Waals surface area contributed by atoms with Crippen LogP contribution in [0, 0.1) is 23.4 Å². The summed E-state index contributed by atoms with van der Waals surface area (Å²) < 4.78 is 65.0. The molecule has 1 atom stereocenters. The van der Waals surface area contributed by atoms with Crippen LogP contribution in [0.25, 0.3) is 0 Å². The van der Waals surface area contributed by atoms with Crippen LogP contribution < -0.4 is 4.72 Å². The van der Waals surface area contributed by atoms with Crippen molar-refractivity contribution >= 4 is 10.0 Å². The summed E-state index contributed by atoms with van der Waals surface area (Å²) in [6.45, 7) is 1.88. The van der Waals surface area contributed by atoms with E-state index in [-0.39, 0.29) is 19.1 Å². The largest absolute Gasteiger partial charge is 0.396 e. The van der Waals surface area contributed by atoms with Gasteiger partial charge in [-0.25, -0.2) is 26.3 Å². The number of rotatable bonds is 8. The lowest BCUT2D eigenvalue weighted by molar-refractivity contribution is 0.251. The van der Waals surface area contributed by atoms with Crippen LogP contribution >= 0.6 is 0 Å². The van der Waals surface area contributed by atoms with Crippen LogP contribution in [0.3, 0.4) is 0 Å². The van der Waals surface area contributed by atoms with E-state index < -0.39 is 32.4 Å². The molecular weight excluding hydrogens is 307 g/mol. The van der Waals surface area contributed by atoms with E-state index in [9.17, 15) is 21.6 Å². The molecule has 8 heteroatoms. The Morgan fingerprint density at radius 3 is 2.24 bits per heavy atom. The van der Waals surface area contributed by atoms with Crippen molar-refractivity contribution in [3.05, 3.63) is 29.6 Å². The summed E-state index contributed by atoms with van der Waals surface area (Å²) >= 11 is 0. The molecule has 0 heterocycles. The van der Waals surface area contributed by atoms with Gasteiger partial charge in [0.05, 0.1) is 4.90 Å². The average molecular weight is 325 g/mol. The molecule has 0 fully saturated rings. The second-order valence-electron chi connectivity index (χ2n) is 4.72. The van der Waals surface area contributed by atoms with Crippen molar-refractivity contribution in [2.24, 2.45) is 5.92 Å². The zero-order valence-corrected chi connectivity index (χ0v) is 12.4. The molecular formula is C13H18F3NO3S. The van der Waals surface area contributed by atoms with Gasteiger partial charge in [0.1, 0.15) is 0 Å². The maximum atomic E-state index is 13.1. The molecule has 1 aromatic rings. The highest BCUT2D eigenvalue weighted by Crippen LogP contribution is 2.18. The van der Waals surface area contributed by atoms with E-state index in [2.05, 4.69) is 4.72 Å². The van der Waals surface area contributed by atoms with Gasteiger partial charge in [0.15, 0.2) is 17.5 Å². The van der Waals surface area contributed by atoms with Crippen LogP contribution in [0.15, 0.2) is 17.0 Å². The first-order chi connectivity index (χ1) is 9.81. The van der Waals surface area contributed by atoms with E-state index in [1.165, 1.54) is 0 Å². The Bertz CT molecular complexity index is 549. The zero-order chi connectivity index (χ0) is 16.0. The van der Waals surface area contributed by atoms with Crippen molar-refractivity contribution in [2.45, 2.75) is 31.1 Å². The minimum Gasteiger partial charge on any atom is -0.396 e. The first-order valence-corrected chi connectivity index (χ1v) is 8.05. The molecule has 0 saturated heterocycles. The Balaban J connectivity index is 2.86. The normalized spacial score (nSPS) is 13.4. The number of sulfonamides is 1. The van der Waals surface area contributed by atoms with Gasteiger partial charge in [0, 0.05) is 13.2 Å². The summed E-state index contributed by atoms with van der Waals surface area (Å²) in [7, 11) is -4.13. The monoisotopic (exact) mass is 325 g/mol. The maximum Gasteiger partial charge on any atom is 0.240 e. The molecule has 120 valence electrons. The van der Waals surface area contributed by atoms with Gasteiger partial charge in [-0.1, -0.05) is 13.3 Å². The molecule has 0 aliphatic carbocycles. The van der Waals surface area contributed by atoms with Crippen molar-refractivity contribution in [3.8, 4) is 0 Å². The summed E-state index contributed by atoms with van der Waals surface area (Å²) in [6, 6.07) is 0.864. The highest BCUT2D eigenvalue weighted by molar-refractivity contribution is 7.89. The molecule has 0 aliphatic heterocycles. The minimum absolute atomic E-state index is 0.0390. The smallest absolute Gasteiger partial charge is 0.240 e. The molecule has 1 unspecified atom stereocenters. The van der Waals surface area contributed by atoms with Crippen LogP contribution in [0.2, 0.25) is 0 Å². The highest BCUT2D eigenvalue weighted by atomic mass is 32.2. The van der Waals surface area contributed by atoms with E-state index >= 15 is 0 Å². The summed E-state index contributed by atoms with van der Waals surface area (Å²) in [6.07, 6.45) is 1.93. The van der Waals surface area contributed by atoms with E-state index in [0.29, 0.717) is 25.0 Å². The fourth-order valence-corrected chi connectivity index (χ4v) is 3.08. The molecule has 4 nitrogen and oxygen atoms in total. The molecule has 2 N–H and O–H groups in total. The van der Waals surface area contributed by atoms with Gasteiger partial charge in [0.25, 0.3) is 0 Å². The van der Waals surface area contributed by atoms with Crippen LogP contribution in [0.5, 0.6) is 0 Å². The molecule has 0 bridgehead atoms. The number of aliphatic hydroxyl groups is 1. The maximum absolute atomic E-state index is 13.1. The molecule has 0 aromatic heterocycles. The van der Waals surface area contributed by atoms with E-state index in [4.69, 9.17) is 5.11 Å². The first kappa shape index (κ1) is 17.9. The number of halogens is 3. The zero-order valence-electron chi connectivity index (χ0n) is 11.6. The lowest BCUT2D eigenvalue weighted by atomic mass is 10.0. The van der Waals surface area contributed by atoms with Crippen molar-refractivity contribution in [3.63, 3.8) is 0 Å². The number of benzene rings is 1. The Labute approximate surface area is 122 Å². The van der Waals surface area contributed by atoms with Crippen LogP contribution in [-0.2, 0) is 10.0 Å². The Morgan fingerprint density at radius 2 is 1.76 bits per heavy atom. The number of hydrogen-bond donors (Lipinski definition) is 2. The van der Waals surface area contributed by atoms with Crippen molar-refractivity contribution < 1.29 is 26.7 Å². The second kappa shape index (κ2) is 7.77. The van der Waals surface area contributed by atoms with E-state index in [1.54, 1.807) is 0 Å². The lowest BCUT2D eigenvalue weighted by Crippen LogP contribution is -2.30. The van der Waals surface area contributed by atoms with Gasteiger partial charge >= 0.3 is 0 Å². The number of aliphatic hydroxyl groups excluding tert-OH is 1. The van der Waals surface area contributed by atoms with Gasteiger partial charge in [-0.2, -0.15) is 0 Å². The molecule has 0 saturated carbocycles. The van der Waals surface area contributed by atoms with Gasteiger partial charge in [-0.3, -0.25) is 0 Å². The Hall–Kier alpha value is -1.12. The van der Waals surface area contributed by atoms with Crippen LogP contribution in [0.1, 0.15) is 26.2 Å². The first-order valence-electron chi connectivity index (χ1n) is 6.56. The number of hydrogen-bond acceptors (Lipinski definition) is 3. The van der Waals surface area contributed by atoms with E-state index in [1.807, 2.05) is 6.92 Å². The molecule has 0 aliphatic rings. The third-order valence-corrected chi connectivity index (χ3v) is 4.47. The summed E-state index contributed by atoms with van der Waals surface area (Å²) in [5.41, 5.74) is 0. The lowest BCUT2D eigenvalue weighted by Gasteiger charge is -2.16. The predicted octanol–water partition coefficient (Wildman–Crippen LogP) is 2.18. The van der Waals surface area contributed by atoms with Crippen molar-refractivity contribution in [1.29, 1.82) is 0 Å². The fraction of sp³-hybridized carbons (Fsp3) is 0.538. The minimum atomic E-state index is -4.13. The van der Waals surface area contributed by atoms with Crippen LogP contribution in [0.4, 0.5) is 13.2 Å². The molecule has 1 aromatic carbocycles. The van der Waals surface area contributed by atoms with Crippen molar-refractivity contribution in [1.82, 2.24) is 4.72 Å². The SMILES string of the molecule is CCCC(CCO)CNS(=O)(=O)c1cc(F)c(F)c(F)c1. The third kappa shape index (κ3) is 4.98. The van der Waals surface area contributed by atoms with E-state index in [0.717, 1.165) is 6.42 Å². The molecule has 0 radical (unpaired) electrons. The fourth-order valence-electron chi connectivity index (χ4n) is 1.94. The number of nitrogens with one attached hydrogen (secondary N) is 1. The highest BCUT2D eigenvalue weighted by Gasteiger charge is 2.21. The summed E-state index contributed by atoms with van der Waals surface area (Å²) in [5.74, 6) is -4.91. The average Bonchev–Trinajstić information content (AvgIpc) is 2.42. The summed E-state index contributed by atoms with van der Waals surface area (Å²) in [4.78, 5) is -0.668. The molecule has 0 spiro atoms. The Morgan fingerprint density at radius 1 is 1.19 bits per heavy atom. The van der Waals surface area contributed by atoms with Gasteiger partial charge in [-0.15, -0.1) is 0 Å². The van der Waals surface area contributed by atoms with Gasteiger partial charge < -0.3 is 5.11 Å². The van der Waals surface area contributed by atoms with Crippen molar-refractivity contribution in [2.75, 3.05) is 13.2 Å². The second-order valence-corrected chi connectivity index (χ2v) is 6.49.